The first-order chi connectivity index (χ1) is 16.2. The molecule has 3 aromatic carbocycles. The first-order valence-corrected chi connectivity index (χ1v) is 12.9. The molecule has 0 saturated carbocycles. The van der Waals surface area contributed by atoms with Crippen LogP contribution in [0, 0.1) is 5.92 Å². The second-order valence-corrected chi connectivity index (χ2v) is 10.8. The molecule has 0 fully saturated rings. The minimum Gasteiger partial charge on any atom is -0.478 e. The number of carboxylic acid groups (broad SMARTS) is 1. The van der Waals surface area contributed by atoms with Crippen LogP contribution < -0.4 is 10.0 Å². The topological polar surface area (TPSA) is 95.5 Å². The number of benzene rings is 3. The van der Waals surface area contributed by atoms with Gasteiger partial charge in [0.15, 0.2) is 0 Å². The fourth-order valence-electron chi connectivity index (χ4n) is 4.73. The van der Waals surface area contributed by atoms with Crippen molar-refractivity contribution in [1.29, 1.82) is 0 Å². The van der Waals surface area contributed by atoms with Crippen molar-refractivity contribution in [1.82, 2.24) is 0 Å². The van der Waals surface area contributed by atoms with Crippen LogP contribution in [0.1, 0.15) is 39.9 Å². The van der Waals surface area contributed by atoms with E-state index in [4.69, 9.17) is 28.3 Å². The third kappa shape index (κ3) is 4.04. The Hall–Kier alpha value is -3.00. The number of aromatic carboxylic acids is 1. The van der Waals surface area contributed by atoms with Crippen LogP contribution in [-0.2, 0) is 10.0 Å². The molecule has 0 unspecified atom stereocenters. The number of nitrogens with one attached hydrogen (secondary N) is 2. The van der Waals surface area contributed by atoms with Crippen molar-refractivity contribution in [2.24, 2.45) is 5.92 Å². The van der Waals surface area contributed by atoms with E-state index in [1.54, 1.807) is 18.2 Å². The van der Waals surface area contributed by atoms with Gasteiger partial charge < -0.3 is 10.4 Å². The Kier molecular flexibility index (Phi) is 5.80. The van der Waals surface area contributed by atoms with Crippen LogP contribution in [-0.4, -0.2) is 19.5 Å². The quantitative estimate of drug-likeness (QED) is 0.346. The van der Waals surface area contributed by atoms with Crippen molar-refractivity contribution in [2.75, 3.05) is 10.0 Å². The Labute approximate surface area is 207 Å². The van der Waals surface area contributed by atoms with E-state index in [-0.39, 0.29) is 34.0 Å². The number of allylic oxidation sites excluding steroid dienone is 2. The summed E-state index contributed by atoms with van der Waals surface area (Å²) < 4.78 is 28.7. The predicted octanol–water partition coefficient (Wildman–Crippen LogP) is 6.32. The van der Waals surface area contributed by atoms with Crippen LogP contribution in [0.2, 0.25) is 10.0 Å². The third-order valence-electron chi connectivity index (χ3n) is 6.34. The van der Waals surface area contributed by atoms with Gasteiger partial charge in [-0.2, -0.15) is 0 Å². The van der Waals surface area contributed by atoms with E-state index in [0.29, 0.717) is 10.0 Å². The molecule has 9 heteroatoms. The van der Waals surface area contributed by atoms with Crippen LogP contribution in [0.5, 0.6) is 0 Å². The largest absolute Gasteiger partial charge is 0.478 e. The predicted molar refractivity (Wildman–Crippen MR) is 133 cm³/mol. The fraction of sp³-hybridized carbons (Fsp3) is 0.160. The highest BCUT2D eigenvalue weighted by Gasteiger charge is 2.40. The molecular weight excluding hydrogens is 495 g/mol. The molecule has 3 atom stereocenters. The zero-order valence-electron chi connectivity index (χ0n) is 17.7. The molecular formula is C25H20Cl2N2O4S. The summed E-state index contributed by atoms with van der Waals surface area (Å²) in [5.74, 6) is -0.926. The lowest BCUT2D eigenvalue weighted by Crippen LogP contribution is -2.29. The van der Waals surface area contributed by atoms with Gasteiger partial charge in [-0.1, -0.05) is 41.4 Å². The summed E-state index contributed by atoms with van der Waals surface area (Å²) >= 11 is 13.0. The Balaban J connectivity index is 1.48. The molecule has 0 radical (unpaired) electrons. The van der Waals surface area contributed by atoms with Gasteiger partial charge in [-0.05, 0) is 72.5 Å². The van der Waals surface area contributed by atoms with Crippen LogP contribution in [0.25, 0.3) is 0 Å². The molecule has 3 aromatic rings. The zero-order valence-corrected chi connectivity index (χ0v) is 20.0. The van der Waals surface area contributed by atoms with Gasteiger partial charge in [0.2, 0.25) is 0 Å². The van der Waals surface area contributed by atoms with Crippen molar-refractivity contribution >= 4 is 50.6 Å². The fourth-order valence-corrected chi connectivity index (χ4v) is 6.45. The lowest BCUT2D eigenvalue weighted by molar-refractivity contribution is 0.0697. The molecule has 0 aromatic heterocycles. The second kappa shape index (κ2) is 8.65. The average Bonchev–Trinajstić information content (AvgIpc) is 3.29. The molecule has 1 aliphatic carbocycles. The summed E-state index contributed by atoms with van der Waals surface area (Å²) in [4.78, 5) is 11.2. The molecule has 1 aliphatic heterocycles. The standard InChI is InChI=1S/C25H20Cl2N2O4S/c26-20-5-2-6-21(27)23(20)24-18-4-1-3-17(18)19-13-16(11-12-22(19)28-24)34(32,33)29-15-9-7-14(8-10-15)25(30)31/h1-3,5-13,17-18,24,28-29H,4H2,(H,30,31)/t17-,18+,24-/m0/s1. The van der Waals surface area contributed by atoms with Crippen LogP contribution in [0.4, 0.5) is 11.4 Å². The van der Waals surface area contributed by atoms with Gasteiger partial charge in [-0.3, -0.25) is 4.72 Å². The Morgan fingerprint density at radius 1 is 1.03 bits per heavy atom. The maximum atomic E-state index is 13.1. The van der Waals surface area contributed by atoms with Crippen molar-refractivity contribution in [3.8, 4) is 0 Å². The van der Waals surface area contributed by atoms with Crippen molar-refractivity contribution < 1.29 is 18.3 Å². The highest BCUT2D eigenvalue weighted by Crippen LogP contribution is 2.52. The number of carbonyl (C=O) groups is 1. The highest BCUT2D eigenvalue weighted by molar-refractivity contribution is 7.92. The molecule has 0 amide bonds. The minimum absolute atomic E-state index is 0.0126. The molecule has 5 rings (SSSR count). The summed E-state index contributed by atoms with van der Waals surface area (Å²) in [6.45, 7) is 0. The average molecular weight is 515 g/mol. The number of rotatable bonds is 5. The van der Waals surface area contributed by atoms with Gasteiger partial charge in [-0.25, -0.2) is 13.2 Å². The van der Waals surface area contributed by atoms with Crippen molar-refractivity contribution in [3.63, 3.8) is 0 Å². The third-order valence-corrected chi connectivity index (χ3v) is 8.38. The van der Waals surface area contributed by atoms with Crippen LogP contribution in [0.3, 0.4) is 0 Å². The Morgan fingerprint density at radius 3 is 2.41 bits per heavy atom. The summed E-state index contributed by atoms with van der Waals surface area (Å²) in [5, 5.41) is 13.8. The van der Waals surface area contributed by atoms with E-state index >= 15 is 0 Å². The van der Waals surface area contributed by atoms with Gasteiger partial charge in [0.25, 0.3) is 10.0 Å². The van der Waals surface area contributed by atoms with Crippen LogP contribution in [0.15, 0.2) is 77.7 Å². The monoisotopic (exact) mass is 514 g/mol. The second-order valence-electron chi connectivity index (χ2n) is 8.35. The first kappa shape index (κ1) is 22.8. The van der Waals surface area contributed by atoms with Gasteiger partial charge in [0.05, 0.1) is 16.5 Å². The number of fused-ring (bicyclic) bond motifs is 3. The van der Waals surface area contributed by atoms with E-state index in [1.807, 2.05) is 18.2 Å². The normalized spacial score (nSPS) is 20.8. The molecule has 6 nitrogen and oxygen atoms in total. The Morgan fingerprint density at radius 2 is 1.74 bits per heavy atom. The molecule has 0 spiro atoms. The summed E-state index contributed by atoms with van der Waals surface area (Å²) in [6.07, 6.45) is 5.03. The molecule has 174 valence electrons. The van der Waals surface area contributed by atoms with Gasteiger partial charge in [-0.15, -0.1) is 0 Å². The van der Waals surface area contributed by atoms with E-state index < -0.39 is 16.0 Å². The molecule has 1 heterocycles. The van der Waals surface area contributed by atoms with E-state index in [0.717, 1.165) is 23.2 Å². The Bertz CT molecular complexity index is 1400. The number of anilines is 2. The molecule has 0 saturated heterocycles. The molecule has 3 N–H and O–H groups in total. The summed E-state index contributed by atoms with van der Waals surface area (Å²) in [5.41, 5.74) is 2.93. The van der Waals surface area contributed by atoms with Crippen LogP contribution >= 0.6 is 23.2 Å². The molecule has 34 heavy (non-hydrogen) atoms. The van der Waals surface area contributed by atoms with Gasteiger partial charge in [0.1, 0.15) is 0 Å². The summed E-state index contributed by atoms with van der Waals surface area (Å²) in [6, 6.07) is 15.9. The van der Waals surface area contributed by atoms with Crippen molar-refractivity contribution in [3.05, 3.63) is 99.6 Å². The SMILES string of the molecule is O=C(O)c1ccc(NS(=O)(=O)c2ccc3c(c2)[C@H]2C=CC[C@H]2[C@@H](c2c(Cl)cccc2Cl)N3)cc1. The lowest BCUT2D eigenvalue weighted by Gasteiger charge is -2.38. The maximum absolute atomic E-state index is 13.1. The number of hydrogen-bond acceptors (Lipinski definition) is 4. The summed E-state index contributed by atoms with van der Waals surface area (Å²) in [7, 11) is -3.88. The number of hydrogen-bond donors (Lipinski definition) is 3. The van der Waals surface area contributed by atoms with Gasteiger partial charge in [0, 0.05) is 32.9 Å². The van der Waals surface area contributed by atoms with Gasteiger partial charge >= 0.3 is 5.97 Å². The minimum atomic E-state index is -3.88. The van der Waals surface area contributed by atoms with E-state index in [2.05, 4.69) is 22.2 Å². The molecule has 2 aliphatic rings. The maximum Gasteiger partial charge on any atom is 0.335 e. The zero-order chi connectivity index (χ0) is 24.0. The van der Waals surface area contributed by atoms with Crippen molar-refractivity contribution in [2.45, 2.75) is 23.3 Å². The van der Waals surface area contributed by atoms with E-state index in [9.17, 15) is 13.2 Å². The number of halogens is 2. The smallest absolute Gasteiger partial charge is 0.335 e. The number of carboxylic acids is 1. The van der Waals surface area contributed by atoms with E-state index in [1.165, 1.54) is 24.3 Å². The lowest BCUT2D eigenvalue weighted by atomic mass is 9.77. The highest BCUT2D eigenvalue weighted by atomic mass is 35.5. The number of sulfonamides is 1. The first-order valence-electron chi connectivity index (χ1n) is 10.6. The molecule has 0 bridgehead atoms.